The maximum absolute atomic E-state index is 12.4. The number of nitrogens with one attached hydrogen (secondary N) is 2. The van der Waals surface area contributed by atoms with Crippen LogP contribution in [0.4, 0.5) is 10.5 Å². The van der Waals surface area contributed by atoms with Crippen molar-refractivity contribution in [2.45, 2.75) is 18.9 Å². The minimum atomic E-state index is -0.318. The molecule has 0 saturated carbocycles. The van der Waals surface area contributed by atoms with Gasteiger partial charge in [-0.25, -0.2) is 4.79 Å². The standard InChI is InChI=1S/C19H23N3O3/c1-22-9-7-16(12-18(22)23)20-19(24)21-17(11-14-8-10-25-13-14)15-5-3-2-4-6-15/h2-7,9,12,14,17H,8,10-11,13H2,1H3,(H2,20,21,24). The highest BCUT2D eigenvalue weighted by atomic mass is 16.5. The third-order valence-electron chi connectivity index (χ3n) is 4.46. The van der Waals surface area contributed by atoms with Gasteiger partial charge in [-0.15, -0.1) is 0 Å². The van der Waals surface area contributed by atoms with E-state index in [0.717, 1.165) is 31.6 Å². The van der Waals surface area contributed by atoms with Crippen LogP contribution in [0.15, 0.2) is 53.5 Å². The Morgan fingerprint density at radius 1 is 1.32 bits per heavy atom. The number of rotatable bonds is 5. The smallest absolute Gasteiger partial charge is 0.319 e. The number of benzene rings is 1. The van der Waals surface area contributed by atoms with Gasteiger partial charge in [0, 0.05) is 38.2 Å². The van der Waals surface area contributed by atoms with E-state index >= 15 is 0 Å². The molecule has 1 fully saturated rings. The topological polar surface area (TPSA) is 72.4 Å². The first-order valence-electron chi connectivity index (χ1n) is 8.49. The zero-order valence-corrected chi connectivity index (χ0v) is 14.3. The molecule has 1 saturated heterocycles. The van der Waals surface area contributed by atoms with Crippen LogP contribution in [0, 0.1) is 5.92 Å². The summed E-state index contributed by atoms with van der Waals surface area (Å²) in [5.41, 5.74) is 1.38. The van der Waals surface area contributed by atoms with Crippen LogP contribution in [0.25, 0.3) is 0 Å². The molecule has 1 aliphatic heterocycles. The molecular weight excluding hydrogens is 318 g/mol. The maximum Gasteiger partial charge on any atom is 0.319 e. The van der Waals surface area contributed by atoms with Crippen LogP contribution < -0.4 is 16.2 Å². The largest absolute Gasteiger partial charge is 0.381 e. The molecule has 2 N–H and O–H groups in total. The summed E-state index contributed by atoms with van der Waals surface area (Å²) in [5.74, 6) is 0.439. The summed E-state index contributed by atoms with van der Waals surface area (Å²) in [6, 6.07) is 12.6. The lowest BCUT2D eigenvalue weighted by molar-refractivity contribution is 0.181. The average molecular weight is 341 g/mol. The minimum absolute atomic E-state index is 0.0977. The summed E-state index contributed by atoms with van der Waals surface area (Å²) < 4.78 is 6.91. The van der Waals surface area contributed by atoms with Crippen molar-refractivity contribution < 1.29 is 9.53 Å². The zero-order chi connectivity index (χ0) is 17.6. The third kappa shape index (κ3) is 4.70. The molecule has 1 aromatic carbocycles. The highest BCUT2D eigenvalue weighted by Gasteiger charge is 2.23. The number of ether oxygens (including phenoxy) is 1. The molecule has 2 atom stereocenters. The zero-order valence-electron chi connectivity index (χ0n) is 14.3. The molecule has 2 aromatic rings. The van der Waals surface area contributed by atoms with Crippen molar-refractivity contribution >= 4 is 11.7 Å². The Bertz CT molecular complexity index is 767. The number of nitrogens with zero attached hydrogens (tertiary/aromatic N) is 1. The molecule has 6 heteroatoms. The van der Waals surface area contributed by atoms with E-state index in [4.69, 9.17) is 4.74 Å². The highest BCUT2D eigenvalue weighted by molar-refractivity contribution is 5.89. The second-order valence-electron chi connectivity index (χ2n) is 6.39. The highest BCUT2D eigenvalue weighted by Crippen LogP contribution is 2.26. The molecule has 2 unspecified atom stereocenters. The molecule has 132 valence electrons. The van der Waals surface area contributed by atoms with Crippen LogP contribution in [0.1, 0.15) is 24.4 Å². The first-order chi connectivity index (χ1) is 12.1. The van der Waals surface area contributed by atoms with E-state index in [9.17, 15) is 9.59 Å². The number of carbonyl (C=O) groups excluding carboxylic acids is 1. The molecule has 0 radical (unpaired) electrons. The van der Waals surface area contributed by atoms with Crippen LogP contribution in [0.2, 0.25) is 0 Å². The van der Waals surface area contributed by atoms with Crippen LogP contribution >= 0.6 is 0 Å². The second kappa shape index (κ2) is 7.98. The molecule has 2 amide bonds. The molecule has 3 rings (SSSR count). The van der Waals surface area contributed by atoms with Crippen LogP contribution in [0.5, 0.6) is 0 Å². The number of aryl methyl sites for hydroxylation is 1. The van der Waals surface area contributed by atoms with Gasteiger partial charge in [0.05, 0.1) is 6.04 Å². The molecule has 1 aromatic heterocycles. The molecule has 0 aliphatic carbocycles. The van der Waals surface area contributed by atoms with E-state index in [1.54, 1.807) is 19.3 Å². The Balaban J connectivity index is 1.68. The Morgan fingerprint density at radius 2 is 2.12 bits per heavy atom. The number of urea groups is 1. The van der Waals surface area contributed by atoms with Gasteiger partial charge >= 0.3 is 6.03 Å². The molecule has 6 nitrogen and oxygen atoms in total. The maximum atomic E-state index is 12.4. The number of pyridine rings is 1. The van der Waals surface area contributed by atoms with E-state index in [1.807, 2.05) is 30.3 Å². The van der Waals surface area contributed by atoms with E-state index in [-0.39, 0.29) is 17.6 Å². The summed E-state index contributed by atoms with van der Waals surface area (Å²) in [6.07, 6.45) is 3.47. The van der Waals surface area contributed by atoms with Crippen molar-refractivity contribution in [3.8, 4) is 0 Å². The Hall–Kier alpha value is -2.60. The summed E-state index contributed by atoms with van der Waals surface area (Å²) >= 11 is 0. The second-order valence-corrected chi connectivity index (χ2v) is 6.39. The van der Waals surface area contributed by atoms with Crippen molar-refractivity contribution in [3.63, 3.8) is 0 Å². The third-order valence-corrected chi connectivity index (χ3v) is 4.46. The summed E-state index contributed by atoms with van der Waals surface area (Å²) in [7, 11) is 1.67. The number of hydrogen-bond acceptors (Lipinski definition) is 3. The Morgan fingerprint density at radius 3 is 2.80 bits per heavy atom. The molecular formula is C19H23N3O3. The van der Waals surface area contributed by atoms with Crippen molar-refractivity contribution in [1.82, 2.24) is 9.88 Å². The van der Waals surface area contributed by atoms with Gasteiger partial charge in [0.2, 0.25) is 0 Å². The van der Waals surface area contributed by atoms with Gasteiger partial charge in [-0.05, 0) is 30.4 Å². The SMILES string of the molecule is Cn1ccc(NC(=O)NC(CC2CCOC2)c2ccccc2)cc1=O. The minimum Gasteiger partial charge on any atom is -0.381 e. The summed E-state index contributed by atoms with van der Waals surface area (Å²) in [4.78, 5) is 24.1. The van der Waals surface area contributed by atoms with Gasteiger partial charge < -0.3 is 19.9 Å². The predicted octanol–water partition coefficient (Wildman–Crippen LogP) is 2.67. The molecule has 0 bridgehead atoms. The number of carbonyl (C=O) groups is 1. The number of anilines is 1. The van der Waals surface area contributed by atoms with Crippen molar-refractivity contribution in [2.75, 3.05) is 18.5 Å². The van der Waals surface area contributed by atoms with Crippen molar-refractivity contribution in [3.05, 3.63) is 64.6 Å². The monoisotopic (exact) mass is 341 g/mol. The molecule has 2 heterocycles. The summed E-state index contributed by atoms with van der Waals surface area (Å²) in [6.45, 7) is 1.52. The van der Waals surface area contributed by atoms with E-state index in [1.165, 1.54) is 10.6 Å². The first kappa shape index (κ1) is 17.2. The number of amides is 2. The van der Waals surface area contributed by atoms with E-state index < -0.39 is 0 Å². The van der Waals surface area contributed by atoms with Gasteiger partial charge in [0.1, 0.15) is 0 Å². The lowest BCUT2D eigenvalue weighted by atomic mass is 9.94. The van der Waals surface area contributed by atoms with Crippen LogP contribution in [-0.4, -0.2) is 23.8 Å². The number of aromatic nitrogens is 1. The van der Waals surface area contributed by atoms with Crippen LogP contribution in [0.3, 0.4) is 0 Å². The fourth-order valence-corrected chi connectivity index (χ4v) is 3.02. The van der Waals surface area contributed by atoms with E-state index in [0.29, 0.717) is 11.6 Å². The lowest BCUT2D eigenvalue weighted by Crippen LogP contribution is -2.34. The number of hydrogen-bond donors (Lipinski definition) is 2. The lowest BCUT2D eigenvalue weighted by Gasteiger charge is -2.22. The molecule has 1 aliphatic rings. The molecule has 0 spiro atoms. The van der Waals surface area contributed by atoms with Gasteiger partial charge in [-0.1, -0.05) is 30.3 Å². The van der Waals surface area contributed by atoms with E-state index in [2.05, 4.69) is 10.6 Å². The summed E-state index contributed by atoms with van der Waals surface area (Å²) in [5, 5.41) is 5.77. The van der Waals surface area contributed by atoms with Crippen molar-refractivity contribution in [1.29, 1.82) is 0 Å². The van der Waals surface area contributed by atoms with Gasteiger partial charge in [-0.3, -0.25) is 4.79 Å². The van der Waals surface area contributed by atoms with Gasteiger partial charge in [0.25, 0.3) is 5.56 Å². The van der Waals surface area contributed by atoms with Crippen LogP contribution in [-0.2, 0) is 11.8 Å². The fourth-order valence-electron chi connectivity index (χ4n) is 3.02. The van der Waals surface area contributed by atoms with Gasteiger partial charge in [-0.2, -0.15) is 0 Å². The Kier molecular flexibility index (Phi) is 5.50. The molecule has 25 heavy (non-hydrogen) atoms. The quantitative estimate of drug-likeness (QED) is 0.878. The van der Waals surface area contributed by atoms with Gasteiger partial charge in [0.15, 0.2) is 0 Å². The average Bonchev–Trinajstić information content (AvgIpc) is 3.11. The predicted molar refractivity (Wildman–Crippen MR) is 96.6 cm³/mol. The normalized spacial score (nSPS) is 17.9. The Labute approximate surface area is 146 Å². The fraction of sp³-hybridized carbons (Fsp3) is 0.368. The first-order valence-corrected chi connectivity index (χ1v) is 8.49. The van der Waals surface area contributed by atoms with Crippen molar-refractivity contribution in [2.24, 2.45) is 13.0 Å².